The normalized spacial score (nSPS) is 11.7. The first-order chi connectivity index (χ1) is 53.0. The number of aryl methyl sites for hydroxylation is 1. The minimum absolute atomic E-state index is 0.205. The molecule has 4 heterocycles. The zero-order valence-electron chi connectivity index (χ0n) is 58.0. The number of pyridine rings is 4. The fourth-order valence-electron chi connectivity index (χ4n) is 10.5. The van der Waals surface area contributed by atoms with Crippen LogP contribution in [0.25, 0.3) is 21.5 Å². The van der Waals surface area contributed by atoms with Gasteiger partial charge in [-0.15, -0.1) is 0 Å². The Labute approximate surface area is 686 Å². The van der Waals surface area contributed by atoms with Crippen LogP contribution in [0.5, 0.6) is 0 Å². The second kappa shape index (κ2) is 40.1. The van der Waals surface area contributed by atoms with E-state index >= 15 is 0 Å². The molecule has 19 nitrogen and oxygen atoms in total. The van der Waals surface area contributed by atoms with Gasteiger partial charge in [0.25, 0.3) is 23.6 Å². The number of carbonyl (C=O) groups is 7. The van der Waals surface area contributed by atoms with E-state index in [2.05, 4.69) is 126 Å². The average Bonchev–Trinajstić information content (AvgIpc) is 0.821. The summed E-state index contributed by atoms with van der Waals surface area (Å²) in [5, 5.41) is 29.6. The summed E-state index contributed by atoms with van der Waals surface area (Å²) in [4.78, 5) is 106. The summed E-state index contributed by atoms with van der Waals surface area (Å²) >= 11 is 36.8. The highest BCUT2D eigenvalue weighted by Gasteiger charge is 2.28. The summed E-state index contributed by atoms with van der Waals surface area (Å²) in [7, 11) is 0. The molecule has 0 bridgehead atoms. The van der Waals surface area contributed by atoms with E-state index < -0.39 is 36.2 Å². The highest BCUT2D eigenvalue weighted by atomic mass is 79.9. The van der Waals surface area contributed by atoms with E-state index in [0.29, 0.717) is 59.5 Å². The summed E-state index contributed by atoms with van der Waals surface area (Å²) in [5.74, 6) is -2.42. The first kappa shape index (κ1) is 81.8. The molecule has 0 aliphatic carbocycles. The van der Waals surface area contributed by atoms with Crippen LogP contribution >= 0.6 is 110 Å². The summed E-state index contributed by atoms with van der Waals surface area (Å²) in [6.45, 7) is 3.76. The molecule has 0 radical (unpaired) electrons. The maximum Gasteiger partial charge on any atom is 0.271 e. The number of amides is 4. The Balaban J connectivity index is 0.000000158. The van der Waals surface area contributed by atoms with Crippen LogP contribution < -0.4 is 42.5 Å². The van der Waals surface area contributed by atoms with Crippen molar-refractivity contribution >= 4 is 195 Å². The van der Waals surface area contributed by atoms with E-state index in [1.807, 2.05) is 105 Å². The molecule has 13 aromatic rings. The number of benzene rings is 9. The van der Waals surface area contributed by atoms with E-state index in [0.717, 1.165) is 50.7 Å². The van der Waals surface area contributed by atoms with Crippen LogP contribution in [-0.4, -0.2) is 85.6 Å². The molecule has 0 aliphatic rings. The number of rotatable bonds is 22. The Bertz CT molecular complexity index is 5370. The van der Waals surface area contributed by atoms with Gasteiger partial charge in [0.15, 0.2) is 18.5 Å². The summed E-state index contributed by atoms with van der Waals surface area (Å²) < 4.78 is 3.11. The van der Waals surface area contributed by atoms with Gasteiger partial charge in [0.2, 0.25) is 17.3 Å². The minimum atomic E-state index is -1.01. The second-order valence-electron chi connectivity index (χ2n) is 24.0. The van der Waals surface area contributed by atoms with Crippen molar-refractivity contribution < 1.29 is 33.6 Å². The molecule has 9 aromatic carbocycles. The Morgan fingerprint density at radius 2 is 0.655 bits per heavy atom. The van der Waals surface area contributed by atoms with Gasteiger partial charge in [0.1, 0.15) is 22.8 Å². The van der Waals surface area contributed by atoms with Gasteiger partial charge in [0.05, 0.1) is 6.17 Å². The molecule has 4 aromatic heterocycles. The molecule has 27 heteroatoms. The zero-order valence-corrected chi connectivity index (χ0v) is 67.4. The Morgan fingerprint density at radius 3 is 1.05 bits per heavy atom. The second-order valence-corrected chi connectivity index (χ2v) is 29.4. The molecule has 4 atom stereocenters. The number of nitrogens with zero attached hydrogens (tertiary/aromatic N) is 4. The van der Waals surface area contributed by atoms with Gasteiger partial charge in [-0.2, -0.15) is 0 Å². The van der Waals surface area contributed by atoms with E-state index in [1.165, 1.54) is 18.6 Å². The van der Waals surface area contributed by atoms with Crippen molar-refractivity contribution in [3.8, 4) is 0 Å². The number of carbonyl (C=O) groups excluding carboxylic acids is 7. The number of anilines is 4. The van der Waals surface area contributed by atoms with Gasteiger partial charge < -0.3 is 42.5 Å². The molecule has 4 unspecified atom stereocenters. The van der Waals surface area contributed by atoms with Gasteiger partial charge in [-0.05, 0) is 257 Å². The van der Waals surface area contributed by atoms with Crippen LogP contribution in [0.15, 0.2) is 297 Å². The lowest BCUT2D eigenvalue weighted by atomic mass is 10.00. The van der Waals surface area contributed by atoms with Gasteiger partial charge >= 0.3 is 0 Å². The van der Waals surface area contributed by atoms with Gasteiger partial charge in [-0.25, -0.2) is 19.9 Å². The molecule has 0 saturated carbocycles. The lowest BCUT2D eigenvalue weighted by Gasteiger charge is -2.21. The summed E-state index contributed by atoms with van der Waals surface area (Å²) in [6.07, 6.45) is 2.97. The number of aromatic nitrogens is 4. The fraction of sp³-hybridized carbons (Fsp3) is 0.0723. The molecular formula is C83H64Br4Cl4N12O7. The molecule has 0 aliphatic heterocycles. The Hall–Kier alpha value is -10.7. The number of hydrogen-bond donors (Lipinski definition) is 8. The standard InChI is InChI=1S/2C24H17BrClN3O2.C21H17BrClN3O2.C14H13BrClN3O/c25-16-8-13-21(27-14-16)24(31)29-23(28-18-11-9-17(26)10-12-18)22(30)20-7-3-5-15-4-1-2-6-19(15)20;25-18-7-12-21(27-14-18)24(31)29-23(28-20-10-8-19(26)9-11-20)22(30)17-6-5-15-3-1-2-4-16(15)13-17;1-13-3-2-4-14(11-13)19(27)20(25-17-8-6-16(23)7-9-17)26-21(28)18-10-5-15(22)12-24-18;1-9(18-12-5-3-11(16)4-6-12)19-14(20)13-7-2-10(15)8-17-13/h2*1-14,23,28H,(H,29,31);2-12,20,25H,1H3,(H,26,28);2-9,18H,1H3,(H,19,20). The Kier molecular flexibility index (Phi) is 29.8. The highest BCUT2D eigenvalue weighted by molar-refractivity contribution is 9.11. The van der Waals surface area contributed by atoms with Crippen LogP contribution in [0.3, 0.4) is 0 Å². The first-order valence-electron chi connectivity index (χ1n) is 33.4. The number of halogens is 8. The monoisotopic (exact) mass is 1800 g/mol. The fourth-order valence-corrected chi connectivity index (χ4v) is 11.9. The molecule has 0 saturated heterocycles. The van der Waals surface area contributed by atoms with Gasteiger partial charge in [-0.3, -0.25) is 33.6 Å². The number of hydrogen-bond acceptors (Lipinski definition) is 15. The van der Waals surface area contributed by atoms with Crippen LogP contribution in [0, 0.1) is 6.92 Å². The molecule has 0 spiro atoms. The van der Waals surface area contributed by atoms with E-state index in [4.69, 9.17) is 46.4 Å². The molecule has 8 N–H and O–H groups in total. The van der Waals surface area contributed by atoms with Crippen LogP contribution in [0.1, 0.15) is 85.5 Å². The highest BCUT2D eigenvalue weighted by Crippen LogP contribution is 2.25. The third kappa shape index (κ3) is 24.4. The zero-order chi connectivity index (χ0) is 78.2. The third-order valence-corrected chi connectivity index (χ3v) is 18.8. The quantitative estimate of drug-likeness (QED) is 0.0232. The van der Waals surface area contributed by atoms with Crippen LogP contribution in [0.2, 0.25) is 20.1 Å². The van der Waals surface area contributed by atoms with E-state index in [9.17, 15) is 33.6 Å². The predicted octanol–water partition coefficient (Wildman–Crippen LogP) is 19.9. The molecular weight excluding hydrogens is 1740 g/mol. The van der Waals surface area contributed by atoms with Crippen molar-refractivity contribution in [2.75, 3.05) is 21.3 Å². The molecule has 554 valence electrons. The number of nitrogens with one attached hydrogen (secondary N) is 8. The van der Waals surface area contributed by atoms with E-state index in [1.54, 1.807) is 170 Å². The smallest absolute Gasteiger partial charge is 0.271 e. The van der Waals surface area contributed by atoms with Crippen LogP contribution in [0.4, 0.5) is 22.7 Å². The summed E-state index contributed by atoms with van der Waals surface area (Å²) in [6, 6.07) is 74.9. The number of fused-ring (bicyclic) bond motifs is 2. The topological polar surface area (TPSA) is 267 Å². The van der Waals surface area contributed by atoms with Gasteiger partial charge in [0, 0.05) is 102 Å². The SMILES string of the molecule is CC(NC(=O)c1ccc(Br)cn1)Nc1ccc(Cl)cc1.Cc1cccc(C(=O)C(NC(=O)c2ccc(Br)cn2)Nc2ccc(Cl)cc2)c1.O=C(NC(Nc1ccc(Cl)cc1)C(=O)c1ccc2ccccc2c1)c1ccc(Br)cn1.O=C(NC(Nc1ccc(Cl)cc1)C(=O)c1cccc2ccccc12)c1ccc(Br)cn1. The average molecular weight is 1800 g/mol. The molecule has 0 fully saturated rings. The predicted molar refractivity (Wildman–Crippen MR) is 451 cm³/mol. The minimum Gasteiger partial charge on any atom is -0.366 e. The van der Waals surface area contributed by atoms with Crippen molar-refractivity contribution in [3.05, 3.63) is 363 Å². The molecule has 4 amide bonds. The maximum atomic E-state index is 13.5. The maximum absolute atomic E-state index is 13.5. The first-order valence-corrected chi connectivity index (χ1v) is 38.1. The van der Waals surface area contributed by atoms with E-state index in [-0.39, 0.29) is 46.5 Å². The van der Waals surface area contributed by atoms with Gasteiger partial charge in [-0.1, -0.05) is 149 Å². The van der Waals surface area contributed by atoms with Crippen molar-refractivity contribution in [2.24, 2.45) is 0 Å². The molecule has 13 rings (SSSR count). The largest absolute Gasteiger partial charge is 0.366 e. The van der Waals surface area contributed by atoms with Crippen molar-refractivity contribution in [2.45, 2.75) is 38.5 Å². The van der Waals surface area contributed by atoms with Crippen molar-refractivity contribution in [3.63, 3.8) is 0 Å². The number of Topliss-reactive ketones (excluding diaryl/α,β-unsaturated/α-hetero) is 3. The lowest BCUT2D eigenvalue weighted by Crippen LogP contribution is -2.46. The number of ketones is 3. The molecule has 110 heavy (non-hydrogen) atoms. The summed E-state index contributed by atoms with van der Waals surface area (Å²) in [5.41, 5.74) is 6.26. The van der Waals surface area contributed by atoms with Crippen molar-refractivity contribution in [1.29, 1.82) is 0 Å². The van der Waals surface area contributed by atoms with Crippen LogP contribution in [-0.2, 0) is 0 Å². The van der Waals surface area contributed by atoms with Crippen molar-refractivity contribution in [1.82, 2.24) is 41.2 Å². The Morgan fingerprint density at radius 1 is 0.318 bits per heavy atom. The lowest BCUT2D eigenvalue weighted by molar-refractivity contribution is 0.0866. The third-order valence-electron chi connectivity index (χ3n) is 15.9.